The van der Waals surface area contributed by atoms with E-state index in [1.54, 1.807) is 0 Å². The molecule has 20 heavy (non-hydrogen) atoms. The van der Waals surface area contributed by atoms with Crippen LogP contribution in [0.2, 0.25) is 0 Å². The zero-order valence-electron chi connectivity index (χ0n) is 13.2. The van der Waals surface area contributed by atoms with E-state index < -0.39 is 0 Å². The van der Waals surface area contributed by atoms with Crippen molar-refractivity contribution in [2.75, 3.05) is 6.61 Å². The van der Waals surface area contributed by atoms with Gasteiger partial charge in [0, 0.05) is 6.42 Å². The third-order valence-electron chi connectivity index (χ3n) is 4.76. The standard InChI is InChI=1S/C18H30O2/c1-14(2)17(16-6-4-3-5-7-16)12-13-20-18(19)11-10-15-8-9-15/h12,14-16H,3-11,13H2,1-2H3/b17-12+. The number of allylic oxidation sites excluding steroid dienone is 1. The van der Waals surface area contributed by atoms with Gasteiger partial charge in [-0.25, -0.2) is 0 Å². The molecule has 0 amide bonds. The van der Waals surface area contributed by atoms with Crippen molar-refractivity contribution >= 4 is 5.97 Å². The van der Waals surface area contributed by atoms with E-state index in [0.717, 1.165) is 18.3 Å². The van der Waals surface area contributed by atoms with Gasteiger partial charge in [0.25, 0.3) is 0 Å². The molecule has 2 nitrogen and oxygen atoms in total. The van der Waals surface area contributed by atoms with Crippen molar-refractivity contribution in [2.45, 2.75) is 71.6 Å². The molecule has 0 radical (unpaired) electrons. The van der Waals surface area contributed by atoms with Crippen LogP contribution in [-0.2, 0) is 9.53 Å². The number of carbonyl (C=O) groups is 1. The first kappa shape index (κ1) is 15.6. The van der Waals surface area contributed by atoms with Gasteiger partial charge in [0.1, 0.15) is 6.61 Å². The first-order chi connectivity index (χ1) is 9.66. The Kier molecular flexibility index (Phi) is 6.12. The third-order valence-corrected chi connectivity index (χ3v) is 4.76. The SMILES string of the molecule is CC(C)/C(=C\COC(=O)CCC1CC1)C1CCCCC1. The normalized spacial score (nSPS) is 21.2. The van der Waals surface area contributed by atoms with Crippen molar-refractivity contribution in [1.29, 1.82) is 0 Å². The van der Waals surface area contributed by atoms with E-state index in [9.17, 15) is 4.79 Å². The molecule has 0 spiro atoms. The van der Waals surface area contributed by atoms with Crippen LogP contribution in [0.5, 0.6) is 0 Å². The highest BCUT2D eigenvalue weighted by Gasteiger charge is 2.22. The van der Waals surface area contributed by atoms with E-state index in [1.165, 1.54) is 50.5 Å². The van der Waals surface area contributed by atoms with Crippen molar-refractivity contribution in [3.05, 3.63) is 11.6 Å². The highest BCUT2D eigenvalue weighted by atomic mass is 16.5. The van der Waals surface area contributed by atoms with Gasteiger partial charge in [-0.15, -0.1) is 0 Å². The Labute approximate surface area is 124 Å². The summed E-state index contributed by atoms with van der Waals surface area (Å²) in [6, 6.07) is 0. The van der Waals surface area contributed by atoms with Crippen LogP contribution in [0.15, 0.2) is 11.6 Å². The predicted octanol–water partition coefficient (Wildman–Crippen LogP) is 4.88. The number of ether oxygens (including phenoxy) is 1. The Morgan fingerprint density at radius 2 is 1.85 bits per heavy atom. The van der Waals surface area contributed by atoms with Gasteiger partial charge >= 0.3 is 5.97 Å². The van der Waals surface area contributed by atoms with Crippen LogP contribution in [0, 0.1) is 17.8 Å². The average molecular weight is 278 g/mol. The molecular formula is C18H30O2. The molecule has 2 aliphatic carbocycles. The lowest BCUT2D eigenvalue weighted by molar-refractivity contribution is -0.142. The van der Waals surface area contributed by atoms with Gasteiger partial charge in [-0.05, 0) is 43.1 Å². The zero-order valence-corrected chi connectivity index (χ0v) is 13.2. The van der Waals surface area contributed by atoms with Crippen LogP contribution in [0.1, 0.15) is 71.6 Å². The van der Waals surface area contributed by atoms with Crippen molar-refractivity contribution in [2.24, 2.45) is 17.8 Å². The first-order valence-electron chi connectivity index (χ1n) is 8.52. The van der Waals surface area contributed by atoms with Gasteiger partial charge in [-0.3, -0.25) is 4.79 Å². The minimum absolute atomic E-state index is 0.0140. The molecule has 0 atom stereocenters. The monoisotopic (exact) mass is 278 g/mol. The van der Waals surface area contributed by atoms with Gasteiger partial charge in [0.15, 0.2) is 0 Å². The summed E-state index contributed by atoms with van der Waals surface area (Å²) in [5.74, 6) is 2.10. The Hall–Kier alpha value is -0.790. The van der Waals surface area contributed by atoms with Crippen LogP contribution in [0.25, 0.3) is 0 Å². The maximum Gasteiger partial charge on any atom is 0.306 e. The second-order valence-corrected chi connectivity index (χ2v) is 6.86. The van der Waals surface area contributed by atoms with Gasteiger partial charge in [0.2, 0.25) is 0 Å². The van der Waals surface area contributed by atoms with E-state index >= 15 is 0 Å². The highest BCUT2D eigenvalue weighted by molar-refractivity contribution is 5.69. The number of esters is 1. The minimum Gasteiger partial charge on any atom is -0.461 e. The third kappa shape index (κ3) is 5.30. The van der Waals surface area contributed by atoms with Gasteiger partial charge in [-0.2, -0.15) is 0 Å². The van der Waals surface area contributed by atoms with Crippen LogP contribution in [0.3, 0.4) is 0 Å². The summed E-state index contributed by atoms with van der Waals surface area (Å²) < 4.78 is 5.38. The fourth-order valence-corrected chi connectivity index (χ4v) is 3.34. The number of carbonyl (C=O) groups excluding carboxylic acids is 1. The van der Waals surface area contributed by atoms with E-state index in [4.69, 9.17) is 4.74 Å². The number of hydrogen-bond donors (Lipinski definition) is 0. The van der Waals surface area contributed by atoms with Gasteiger partial charge in [0.05, 0.1) is 0 Å². The second kappa shape index (κ2) is 7.85. The molecule has 2 aliphatic rings. The smallest absolute Gasteiger partial charge is 0.306 e. The summed E-state index contributed by atoms with van der Waals surface area (Å²) >= 11 is 0. The van der Waals surface area contributed by atoms with E-state index in [0.29, 0.717) is 18.9 Å². The van der Waals surface area contributed by atoms with Crippen molar-refractivity contribution < 1.29 is 9.53 Å². The maximum atomic E-state index is 11.7. The van der Waals surface area contributed by atoms with Crippen LogP contribution >= 0.6 is 0 Å². The highest BCUT2D eigenvalue weighted by Crippen LogP contribution is 2.34. The lowest BCUT2D eigenvalue weighted by atomic mass is 9.79. The summed E-state index contributed by atoms with van der Waals surface area (Å²) in [7, 11) is 0. The molecule has 0 aromatic heterocycles. The molecule has 0 N–H and O–H groups in total. The topological polar surface area (TPSA) is 26.3 Å². The second-order valence-electron chi connectivity index (χ2n) is 6.86. The molecule has 2 saturated carbocycles. The summed E-state index contributed by atoms with van der Waals surface area (Å²) in [5, 5.41) is 0. The summed E-state index contributed by atoms with van der Waals surface area (Å²) in [4.78, 5) is 11.7. The molecule has 0 heterocycles. The predicted molar refractivity (Wildman–Crippen MR) is 82.4 cm³/mol. The van der Waals surface area contributed by atoms with Crippen LogP contribution in [0.4, 0.5) is 0 Å². The molecule has 2 heteroatoms. The Balaban J connectivity index is 1.74. The first-order valence-corrected chi connectivity index (χ1v) is 8.52. The molecule has 2 fully saturated rings. The van der Waals surface area contributed by atoms with Crippen LogP contribution < -0.4 is 0 Å². The number of hydrogen-bond acceptors (Lipinski definition) is 2. The lowest BCUT2D eigenvalue weighted by Crippen LogP contribution is -2.14. The fraction of sp³-hybridized carbons (Fsp3) is 0.833. The van der Waals surface area contributed by atoms with Crippen molar-refractivity contribution in [3.8, 4) is 0 Å². The zero-order chi connectivity index (χ0) is 14.4. The molecule has 0 saturated heterocycles. The maximum absolute atomic E-state index is 11.7. The lowest BCUT2D eigenvalue weighted by Gasteiger charge is -2.27. The Bertz CT molecular complexity index is 333. The Morgan fingerprint density at radius 3 is 2.45 bits per heavy atom. The average Bonchev–Trinajstić information content (AvgIpc) is 3.26. The fourth-order valence-electron chi connectivity index (χ4n) is 3.34. The molecule has 0 aromatic carbocycles. The summed E-state index contributed by atoms with van der Waals surface area (Å²) in [6.45, 7) is 5.00. The van der Waals surface area contributed by atoms with Gasteiger partial charge in [-0.1, -0.05) is 51.5 Å². The quantitative estimate of drug-likeness (QED) is 0.490. The number of rotatable bonds is 7. The van der Waals surface area contributed by atoms with Gasteiger partial charge < -0.3 is 4.74 Å². The van der Waals surface area contributed by atoms with Crippen molar-refractivity contribution in [1.82, 2.24) is 0 Å². The summed E-state index contributed by atoms with van der Waals surface area (Å²) in [6.07, 6.45) is 13.2. The molecular weight excluding hydrogens is 248 g/mol. The summed E-state index contributed by atoms with van der Waals surface area (Å²) in [5.41, 5.74) is 1.51. The molecule has 0 aromatic rings. The molecule has 0 unspecified atom stereocenters. The largest absolute Gasteiger partial charge is 0.461 e. The molecule has 114 valence electrons. The van der Waals surface area contributed by atoms with E-state index in [2.05, 4.69) is 19.9 Å². The molecule has 2 rings (SSSR count). The van der Waals surface area contributed by atoms with E-state index in [-0.39, 0.29) is 5.97 Å². The minimum atomic E-state index is -0.0140. The molecule has 0 bridgehead atoms. The van der Waals surface area contributed by atoms with Crippen LogP contribution in [-0.4, -0.2) is 12.6 Å². The van der Waals surface area contributed by atoms with E-state index in [1.807, 2.05) is 0 Å². The molecule has 0 aliphatic heterocycles. The van der Waals surface area contributed by atoms with Crippen molar-refractivity contribution in [3.63, 3.8) is 0 Å². The Morgan fingerprint density at radius 1 is 1.15 bits per heavy atom.